The Bertz CT molecular complexity index is 932. The van der Waals surface area contributed by atoms with Gasteiger partial charge < -0.3 is 24.1 Å². The second-order valence-electron chi connectivity index (χ2n) is 7.58. The maximum atomic E-state index is 13.0. The van der Waals surface area contributed by atoms with E-state index in [0.29, 0.717) is 42.5 Å². The lowest BCUT2D eigenvalue weighted by atomic mass is 10.0. The van der Waals surface area contributed by atoms with Gasteiger partial charge in [0, 0.05) is 32.5 Å². The number of carbonyl (C=O) groups is 1. The van der Waals surface area contributed by atoms with Gasteiger partial charge in [0.15, 0.2) is 11.5 Å². The highest BCUT2D eigenvalue weighted by atomic mass is 16.5. The third-order valence-electron chi connectivity index (χ3n) is 5.58. The minimum atomic E-state index is -0.301. The smallest absolute Gasteiger partial charge is 0.263 e. The van der Waals surface area contributed by atoms with E-state index in [1.54, 1.807) is 31.9 Å². The van der Waals surface area contributed by atoms with Crippen molar-refractivity contribution in [1.82, 2.24) is 9.88 Å². The number of carbonyl (C=O) groups excluding carboxylic acids is 1. The van der Waals surface area contributed by atoms with E-state index < -0.39 is 0 Å². The third kappa shape index (κ3) is 5.21. The topological polar surface area (TPSA) is 78.8 Å². The van der Waals surface area contributed by atoms with Crippen LogP contribution in [0.1, 0.15) is 34.3 Å². The SMILES string of the molecule is COc1ccc(CCn2ccc(C)c(C(=O)NCC3CCOCC3)c2=O)cc1OC. The van der Waals surface area contributed by atoms with Crippen molar-refractivity contribution in [2.24, 2.45) is 5.92 Å². The zero-order valence-corrected chi connectivity index (χ0v) is 17.9. The van der Waals surface area contributed by atoms with Gasteiger partial charge in [-0.1, -0.05) is 6.07 Å². The molecular formula is C23H30N2O5. The Morgan fingerprint density at radius 2 is 1.90 bits per heavy atom. The molecule has 162 valence electrons. The van der Waals surface area contributed by atoms with E-state index in [1.807, 2.05) is 24.3 Å². The van der Waals surface area contributed by atoms with E-state index in [0.717, 1.165) is 31.6 Å². The molecule has 1 aliphatic heterocycles. The summed E-state index contributed by atoms with van der Waals surface area (Å²) in [4.78, 5) is 25.7. The molecule has 2 heterocycles. The molecule has 0 unspecified atom stereocenters. The van der Waals surface area contributed by atoms with Crippen LogP contribution in [0.4, 0.5) is 0 Å². The second-order valence-corrected chi connectivity index (χ2v) is 7.58. The van der Waals surface area contributed by atoms with Gasteiger partial charge in [0.05, 0.1) is 14.2 Å². The van der Waals surface area contributed by atoms with E-state index in [9.17, 15) is 9.59 Å². The Labute approximate surface area is 177 Å². The molecule has 1 aromatic carbocycles. The molecular weight excluding hydrogens is 384 g/mol. The van der Waals surface area contributed by atoms with Crippen LogP contribution in [-0.4, -0.2) is 44.5 Å². The van der Waals surface area contributed by atoms with Gasteiger partial charge in [-0.3, -0.25) is 9.59 Å². The Morgan fingerprint density at radius 1 is 1.17 bits per heavy atom. The van der Waals surface area contributed by atoms with Crippen LogP contribution >= 0.6 is 0 Å². The summed E-state index contributed by atoms with van der Waals surface area (Å²) in [7, 11) is 3.19. The molecule has 3 rings (SSSR count). The largest absolute Gasteiger partial charge is 0.493 e. The first-order chi connectivity index (χ1) is 14.5. The van der Waals surface area contributed by atoms with Crippen LogP contribution in [-0.2, 0) is 17.7 Å². The molecule has 2 aromatic rings. The average molecular weight is 415 g/mol. The lowest BCUT2D eigenvalue weighted by Crippen LogP contribution is -2.37. The second kappa shape index (κ2) is 10.3. The van der Waals surface area contributed by atoms with Crippen LogP contribution in [0.2, 0.25) is 0 Å². The van der Waals surface area contributed by atoms with Crippen LogP contribution < -0.4 is 20.3 Å². The number of aromatic nitrogens is 1. The number of aryl methyl sites for hydroxylation is 3. The molecule has 0 radical (unpaired) electrons. The summed E-state index contributed by atoms with van der Waals surface area (Å²) in [6.45, 7) is 4.29. The molecule has 1 aromatic heterocycles. The van der Waals surface area contributed by atoms with Crippen molar-refractivity contribution in [3.05, 3.63) is 57.5 Å². The van der Waals surface area contributed by atoms with Crippen LogP contribution in [0.3, 0.4) is 0 Å². The molecule has 1 amide bonds. The standard InChI is InChI=1S/C23H30N2O5/c1-16-6-10-25(11-7-17-4-5-19(28-2)20(14-17)29-3)23(27)21(16)22(26)24-15-18-8-12-30-13-9-18/h4-6,10,14,18H,7-9,11-13,15H2,1-3H3,(H,24,26). The Kier molecular flexibility index (Phi) is 7.52. The van der Waals surface area contributed by atoms with Crippen molar-refractivity contribution in [3.63, 3.8) is 0 Å². The van der Waals surface area contributed by atoms with Gasteiger partial charge in [0.1, 0.15) is 5.56 Å². The number of pyridine rings is 1. The molecule has 0 bridgehead atoms. The van der Waals surface area contributed by atoms with Crippen molar-refractivity contribution >= 4 is 5.91 Å². The first-order valence-electron chi connectivity index (χ1n) is 10.3. The Balaban J connectivity index is 1.69. The van der Waals surface area contributed by atoms with Crippen molar-refractivity contribution in [2.75, 3.05) is 34.0 Å². The maximum absolute atomic E-state index is 13.0. The summed E-state index contributed by atoms with van der Waals surface area (Å²) in [5, 5.41) is 2.94. The van der Waals surface area contributed by atoms with E-state index in [4.69, 9.17) is 14.2 Å². The van der Waals surface area contributed by atoms with Crippen molar-refractivity contribution < 1.29 is 19.0 Å². The summed E-state index contributed by atoms with van der Waals surface area (Å²) in [6.07, 6.45) is 4.24. The zero-order chi connectivity index (χ0) is 21.5. The van der Waals surface area contributed by atoms with Crippen LogP contribution in [0.5, 0.6) is 11.5 Å². The van der Waals surface area contributed by atoms with Gasteiger partial charge in [-0.2, -0.15) is 0 Å². The van der Waals surface area contributed by atoms with Crippen molar-refractivity contribution in [1.29, 1.82) is 0 Å². The number of amides is 1. The average Bonchev–Trinajstić information content (AvgIpc) is 2.77. The van der Waals surface area contributed by atoms with Gasteiger partial charge in [0.25, 0.3) is 11.5 Å². The van der Waals surface area contributed by atoms with Crippen LogP contribution in [0.15, 0.2) is 35.3 Å². The number of benzene rings is 1. The molecule has 7 nitrogen and oxygen atoms in total. The summed E-state index contributed by atoms with van der Waals surface area (Å²) >= 11 is 0. The monoisotopic (exact) mass is 414 g/mol. The molecule has 1 saturated heterocycles. The molecule has 1 fully saturated rings. The van der Waals surface area contributed by atoms with Gasteiger partial charge in [-0.15, -0.1) is 0 Å². The predicted octanol–water partition coefficient (Wildman–Crippen LogP) is 2.57. The first-order valence-corrected chi connectivity index (χ1v) is 10.3. The molecule has 0 spiro atoms. The Morgan fingerprint density at radius 3 is 2.60 bits per heavy atom. The number of hydrogen-bond donors (Lipinski definition) is 1. The highest BCUT2D eigenvalue weighted by molar-refractivity contribution is 5.95. The molecule has 30 heavy (non-hydrogen) atoms. The molecule has 7 heteroatoms. The number of nitrogens with one attached hydrogen (secondary N) is 1. The molecule has 0 saturated carbocycles. The fourth-order valence-corrected chi connectivity index (χ4v) is 3.68. The van der Waals surface area contributed by atoms with E-state index in [2.05, 4.69) is 5.32 Å². The molecule has 0 aliphatic carbocycles. The third-order valence-corrected chi connectivity index (χ3v) is 5.58. The minimum Gasteiger partial charge on any atom is -0.493 e. The van der Waals surface area contributed by atoms with Crippen LogP contribution in [0, 0.1) is 12.8 Å². The first kappa shape index (κ1) is 21.9. The van der Waals surface area contributed by atoms with Crippen molar-refractivity contribution in [3.8, 4) is 11.5 Å². The Hall–Kier alpha value is -2.80. The summed E-state index contributed by atoms with van der Waals surface area (Å²) < 4.78 is 17.6. The number of methoxy groups -OCH3 is 2. The normalized spacial score (nSPS) is 14.4. The molecule has 0 atom stereocenters. The zero-order valence-electron chi connectivity index (χ0n) is 17.9. The number of ether oxygens (including phenoxy) is 3. The van der Waals surface area contributed by atoms with Gasteiger partial charge in [-0.05, 0) is 61.4 Å². The minimum absolute atomic E-state index is 0.219. The lowest BCUT2D eigenvalue weighted by Gasteiger charge is -2.22. The fourth-order valence-electron chi connectivity index (χ4n) is 3.68. The number of rotatable bonds is 8. The summed E-state index contributed by atoms with van der Waals surface area (Å²) in [5.74, 6) is 1.42. The predicted molar refractivity (Wildman–Crippen MR) is 115 cm³/mol. The molecule has 1 N–H and O–H groups in total. The van der Waals surface area contributed by atoms with Gasteiger partial charge in [-0.25, -0.2) is 0 Å². The van der Waals surface area contributed by atoms with Gasteiger partial charge in [0.2, 0.25) is 0 Å². The van der Waals surface area contributed by atoms with E-state index >= 15 is 0 Å². The highest BCUT2D eigenvalue weighted by Crippen LogP contribution is 2.27. The van der Waals surface area contributed by atoms with E-state index in [-0.39, 0.29) is 17.0 Å². The maximum Gasteiger partial charge on any atom is 0.263 e. The number of hydrogen-bond acceptors (Lipinski definition) is 5. The summed E-state index contributed by atoms with van der Waals surface area (Å²) in [5.41, 5.74) is 1.66. The van der Waals surface area contributed by atoms with E-state index in [1.165, 1.54) is 0 Å². The highest BCUT2D eigenvalue weighted by Gasteiger charge is 2.19. The summed E-state index contributed by atoms with van der Waals surface area (Å²) in [6, 6.07) is 7.52. The number of nitrogens with zero attached hydrogens (tertiary/aromatic N) is 1. The lowest BCUT2D eigenvalue weighted by molar-refractivity contribution is 0.0642. The molecule has 1 aliphatic rings. The fraction of sp³-hybridized carbons (Fsp3) is 0.478. The van der Waals surface area contributed by atoms with Crippen LogP contribution in [0.25, 0.3) is 0 Å². The van der Waals surface area contributed by atoms with Gasteiger partial charge >= 0.3 is 0 Å². The quantitative estimate of drug-likeness (QED) is 0.718. The van der Waals surface area contributed by atoms with Crippen molar-refractivity contribution in [2.45, 2.75) is 32.7 Å².